The van der Waals surface area contributed by atoms with Crippen molar-refractivity contribution >= 4 is 28.3 Å². The second-order valence-electron chi connectivity index (χ2n) is 2.35. The van der Waals surface area contributed by atoms with Gasteiger partial charge in [-0.15, -0.1) is 0 Å². The predicted octanol–water partition coefficient (Wildman–Crippen LogP) is 3.03. The third-order valence-electron chi connectivity index (χ3n) is 1.37. The Kier molecular flexibility index (Phi) is 2.69. The minimum Gasteiger partial charge on any atom is -0.398 e. The SMILES string of the molecule is Nc1cc(I)cc(F)c1C(F)(F)F. The van der Waals surface area contributed by atoms with E-state index in [1.807, 2.05) is 0 Å². The number of nitrogens with two attached hydrogens (primary N) is 1. The van der Waals surface area contributed by atoms with E-state index in [1.54, 1.807) is 22.6 Å². The molecule has 0 fully saturated rings. The highest BCUT2D eigenvalue weighted by Gasteiger charge is 2.36. The number of rotatable bonds is 0. The number of alkyl halides is 3. The molecule has 0 radical (unpaired) electrons. The van der Waals surface area contributed by atoms with Gasteiger partial charge < -0.3 is 5.73 Å². The number of anilines is 1. The van der Waals surface area contributed by atoms with E-state index in [9.17, 15) is 17.6 Å². The van der Waals surface area contributed by atoms with Crippen LogP contribution < -0.4 is 5.73 Å². The van der Waals surface area contributed by atoms with Gasteiger partial charge in [0.1, 0.15) is 11.4 Å². The van der Waals surface area contributed by atoms with Gasteiger partial charge in [-0.1, -0.05) is 0 Å². The fourth-order valence-corrected chi connectivity index (χ4v) is 1.50. The van der Waals surface area contributed by atoms with Gasteiger partial charge in [0.15, 0.2) is 0 Å². The summed E-state index contributed by atoms with van der Waals surface area (Å²) in [5, 5.41) is 0. The van der Waals surface area contributed by atoms with E-state index in [1.165, 1.54) is 0 Å². The van der Waals surface area contributed by atoms with Crippen molar-refractivity contribution in [3.05, 3.63) is 27.1 Å². The van der Waals surface area contributed by atoms with Crippen molar-refractivity contribution in [1.82, 2.24) is 0 Å². The normalized spacial score (nSPS) is 11.8. The first-order chi connectivity index (χ1) is 5.82. The molecule has 0 bridgehead atoms. The van der Waals surface area contributed by atoms with E-state index < -0.39 is 23.2 Å². The minimum absolute atomic E-state index is 0.334. The Bertz CT molecular complexity index is 311. The zero-order valence-electron chi connectivity index (χ0n) is 6.12. The van der Waals surface area contributed by atoms with Crippen LogP contribution in [0.1, 0.15) is 5.56 Å². The summed E-state index contributed by atoms with van der Waals surface area (Å²) in [4.78, 5) is 0. The summed E-state index contributed by atoms with van der Waals surface area (Å²) in [6.07, 6.45) is -4.74. The molecule has 1 rings (SSSR count). The zero-order valence-corrected chi connectivity index (χ0v) is 8.28. The molecule has 2 N–H and O–H groups in total. The van der Waals surface area contributed by atoms with Crippen molar-refractivity contribution in [3.8, 4) is 0 Å². The van der Waals surface area contributed by atoms with Crippen LogP contribution in [0.15, 0.2) is 12.1 Å². The Labute approximate surface area is 85.1 Å². The van der Waals surface area contributed by atoms with Gasteiger partial charge >= 0.3 is 6.18 Å². The summed E-state index contributed by atoms with van der Waals surface area (Å²) < 4.78 is 49.5. The lowest BCUT2D eigenvalue weighted by molar-refractivity contribution is -0.139. The van der Waals surface area contributed by atoms with Crippen LogP contribution in [0.5, 0.6) is 0 Å². The lowest BCUT2D eigenvalue weighted by atomic mass is 10.1. The van der Waals surface area contributed by atoms with Crippen molar-refractivity contribution in [2.75, 3.05) is 5.73 Å². The van der Waals surface area contributed by atoms with Crippen molar-refractivity contribution in [2.45, 2.75) is 6.18 Å². The number of nitrogen functional groups attached to an aromatic ring is 1. The van der Waals surface area contributed by atoms with Gasteiger partial charge in [0.05, 0.1) is 0 Å². The zero-order chi connectivity index (χ0) is 10.2. The molecule has 0 amide bonds. The fraction of sp³-hybridized carbons (Fsp3) is 0.143. The van der Waals surface area contributed by atoms with Crippen LogP contribution in [-0.2, 0) is 6.18 Å². The highest BCUT2D eigenvalue weighted by atomic mass is 127. The third kappa shape index (κ3) is 2.23. The molecule has 72 valence electrons. The molecular formula is C7H4F4IN. The summed E-state index contributed by atoms with van der Waals surface area (Å²) in [7, 11) is 0. The van der Waals surface area contributed by atoms with Gasteiger partial charge in [-0.25, -0.2) is 4.39 Å². The van der Waals surface area contributed by atoms with E-state index >= 15 is 0 Å². The lowest BCUT2D eigenvalue weighted by Gasteiger charge is -2.10. The molecule has 1 nitrogen and oxygen atoms in total. The van der Waals surface area contributed by atoms with Gasteiger partial charge in [0, 0.05) is 9.26 Å². The minimum atomic E-state index is -4.74. The molecule has 0 saturated carbocycles. The maximum absolute atomic E-state index is 12.8. The Morgan fingerprint density at radius 2 is 1.77 bits per heavy atom. The van der Waals surface area contributed by atoms with Crippen molar-refractivity contribution in [2.24, 2.45) is 0 Å². The average molecular weight is 305 g/mol. The highest BCUT2D eigenvalue weighted by Crippen LogP contribution is 2.36. The summed E-state index contributed by atoms with van der Waals surface area (Å²) in [6, 6.07) is 1.87. The van der Waals surface area contributed by atoms with E-state index in [-0.39, 0.29) is 0 Å². The Balaban J connectivity index is 3.38. The van der Waals surface area contributed by atoms with Crippen LogP contribution in [0.3, 0.4) is 0 Å². The van der Waals surface area contributed by atoms with Gasteiger partial charge in [-0.3, -0.25) is 0 Å². The number of benzene rings is 1. The van der Waals surface area contributed by atoms with E-state index in [2.05, 4.69) is 0 Å². The second kappa shape index (κ2) is 3.32. The summed E-state index contributed by atoms with van der Waals surface area (Å²) in [6.45, 7) is 0. The average Bonchev–Trinajstić information content (AvgIpc) is 1.78. The molecular weight excluding hydrogens is 301 g/mol. The highest BCUT2D eigenvalue weighted by molar-refractivity contribution is 14.1. The molecule has 0 aliphatic carbocycles. The maximum atomic E-state index is 12.8. The van der Waals surface area contributed by atoms with Gasteiger partial charge in [-0.2, -0.15) is 13.2 Å². The summed E-state index contributed by atoms with van der Waals surface area (Å²) >= 11 is 1.69. The van der Waals surface area contributed by atoms with E-state index in [0.717, 1.165) is 12.1 Å². The van der Waals surface area contributed by atoms with E-state index in [4.69, 9.17) is 5.73 Å². The predicted molar refractivity (Wildman–Crippen MR) is 48.5 cm³/mol. The van der Waals surface area contributed by atoms with Crippen LogP contribution in [0.4, 0.5) is 23.2 Å². The quantitative estimate of drug-likeness (QED) is 0.445. The molecule has 13 heavy (non-hydrogen) atoms. The molecule has 0 atom stereocenters. The monoisotopic (exact) mass is 305 g/mol. The molecule has 0 unspecified atom stereocenters. The first kappa shape index (κ1) is 10.6. The lowest BCUT2D eigenvalue weighted by Crippen LogP contribution is -2.12. The van der Waals surface area contributed by atoms with Gasteiger partial charge in [-0.05, 0) is 34.7 Å². The number of halogens is 5. The summed E-state index contributed by atoms with van der Waals surface area (Å²) in [5.74, 6) is -1.34. The van der Waals surface area contributed by atoms with Crippen LogP contribution in [0, 0.1) is 9.39 Å². The van der Waals surface area contributed by atoms with Crippen molar-refractivity contribution < 1.29 is 17.6 Å². The Morgan fingerprint density at radius 3 is 2.15 bits per heavy atom. The van der Waals surface area contributed by atoms with Gasteiger partial charge in [0.25, 0.3) is 0 Å². The maximum Gasteiger partial charge on any atom is 0.421 e. The third-order valence-corrected chi connectivity index (χ3v) is 1.99. The molecule has 6 heteroatoms. The first-order valence-corrected chi connectivity index (χ1v) is 4.22. The molecule has 1 aromatic carbocycles. The second-order valence-corrected chi connectivity index (χ2v) is 3.60. The fourth-order valence-electron chi connectivity index (χ4n) is 0.893. The van der Waals surface area contributed by atoms with Crippen molar-refractivity contribution in [1.29, 1.82) is 0 Å². The molecule has 0 saturated heterocycles. The Hall–Kier alpha value is -0.530. The van der Waals surface area contributed by atoms with Gasteiger partial charge in [0.2, 0.25) is 0 Å². The smallest absolute Gasteiger partial charge is 0.398 e. The first-order valence-electron chi connectivity index (χ1n) is 3.14. The molecule has 0 spiro atoms. The topological polar surface area (TPSA) is 26.0 Å². The molecule has 0 aliphatic heterocycles. The van der Waals surface area contributed by atoms with E-state index in [0.29, 0.717) is 3.57 Å². The van der Waals surface area contributed by atoms with Crippen LogP contribution in [-0.4, -0.2) is 0 Å². The molecule has 0 aromatic heterocycles. The standard InChI is InChI=1S/C7H4F4IN/c8-4-1-3(12)2-5(13)6(4)7(9,10)11/h1-2H,13H2. The van der Waals surface area contributed by atoms with Crippen molar-refractivity contribution in [3.63, 3.8) is 0 Å². The molecule has 1 aromatic rings. The Morgan fingerprint density at radius 1 is 1.23 bits per heavy atom. The largest absolute Gasteiger partial charge is 0.421 e. The van der Waals surface area contributed by atoms with Crippen LogP contribution >= 0.6 is 22.6 Å². The van der Waals surface area contributed by atoms with Crippen LogP contribution in [0.25, 0.3) is 0 Å². The summed E-state index contributed by atoms with van der Waals surface area (Å²) in [5.41, 5.74) is 3.06. The number of hydrogen-bond donors (Lipinski definition) is 1. The number of hydrogen-bond acceptors (Lipinski definition) is 1. The van der Waals surface area contributed by atoms with Crippen LogP contribution in [0.2, 0.25) is 0 Å². The molecule has 0 heterocycles. The molecule has 0 aliphatic rings.